The van der Waals surface area contributed by atoms with Crippen molar-refractivity contribution in [3.8, 4) is 5.75 Å². The quantitative estimate of drug-likeness (QED) is 0.683. The molecule has 0 amide bonds. The fourth-order valence-corrected chi connectivity index (χ4v) is 2.74. The highest BCUT2D eigenvalue weighted by molar-refractivity contribution is 5.80. The summed E-state index contributed by atoms with van der Waals surface area (Å²) in [7, 11) is 3.55. The number of hydrogen-bond acceptors (Lipinski definition) is 2. The number of rotatable bonds is 4. The Morgan fingerprint density at radius 3 is 2.57 bits per heavy atom. The van der Waals surface area contributed by atoms with Crippen LogP contribution in [0.3, 0.4) is 0 Å². The molecule has 1 fully saturated rings. The van der Waals surface area contributed by atoms with E-state index in [1.807, 2.05) is 19.2 Å². The lowest BCUT2D eigenvalue weighted by molar-refractivity contribution is 0.370. The van der Waals surface area contributed by atoms with Crippen LogP contribution in [0.4, 0.5) is 0 Å². The van der Waals surface area contributed by atoms with E-state index in [1.165, 1.54) is 12.0 Å². The second-order valence-corrected chi connectivity index (χ2v) is 6.41. The second kappa shape index (κ2) is 6.83. The minimum absolute atomic E-state index is 0.396. The first kappa shape index (κ1) is 15.7. The number of guanidine groups is 1. The molecule has 21 heavy (non-hydrogen) atoms. The first-order valence-corrected chi connectivity index (χ1v) is 7.62. The molecule has 0 aromatic heterocycles. The van der Waals surface area contributed by atoms with Crippen molar-refractivity contribution in [1.82, 2.24) is 10.2 Å². The SMILES string of the molecule is CN=C(NCCc1ccc(OC)cc1)N1CCC(C)(C)C1. The zero-order valence-corrected chi connectivity index (χ0v) is 13.6. The van der Waals surface area contributed by atoms with Gasteiger partial charge in [0.15, 0.2) is 5.96 Å². The van der Waals surface area contributed by atoms with Gasteiger partial charge in [-0.2, -0.15) is 0 Å². The maximum absolute atomic E-state index is 5.17. The summed E-state index contributed by atoms with van der Waals surface area (Å²) in [4.78, 5) is 6.76. The van der Waals surface area contributed by atoms with Crippen LogP contribution < -0.4 is 10.1 Å². The molecule has 1 aliphatic rings. The molecular weight excluding hydrogens is 262 g/mol. The molecule has 0 saturated carbocycles. The standard InChI is InChI=1S/C17H27N3O/c1-17(2)10-12-20(13-17)16(18-3)19-11-9-14-5-7-15(21-4)8-6-14/h5-8H,9-13H2,1-4H3,(H,18,19). The van der Waals surface area contributed by atoms with Gasteiger partial charge in [0.05, 0.1) is 7.11 Å². The van der Waals surface area contributed by atoms with Crippen LogP contribution in [-0.4, -0.2) is 44.7 Å². The lowest BCUT2D eigenvalue weighted by atomic mass is 9.93. The number of ether oxygens (including phenoxy) is 1. The lowest BCUT2D eigenvalue weighted by Gasteiger charge is -2.23. The average molecular weight is 289 g/mol. The molecule has 1 aromatic carbocycles. The number of nitrogens with zero attached hydrogens (tertiary/aromatic N) is 2. The summed E-state index contributed by atoms with van der Waals surface area (Å²) in [6.45, 7) is 7.70. The predicted molar refractivity (Wildman–Crippen MR) is 88.0 cm³/mol. The van der Waals surface area contributed by atoms with Crippen molar-refractivity contribution in [1.29, 1.82) is 0 Å². The van der Waals surface area contributed by atoms with Crippen LogP contribution in [0, 0.1) is 5.41 Å². The van der Waals surface area contributed by atoms with E-state index in [0.29, 0.717) is 5.41 Å². The first-order chi connectivity index (χ1) is 10.0. The van der Waals surface area contributed by atoms with Crippen LogP contribution in [0.15, 0.2) is 29.3 Å². The van der Waals surface area contributed by atoms with E-state index in [1.54, 1.807) is 7.11 Å². The van der Waals surface area contributed by atoms with Gasteiger partial charge in [-0.1, -0.05) is 26.0 Å². The van der Waals surface area contributed by atoms with Crippen LogP contribution in [0.5, 0.6) is 5.75 Å². The molecular formula is C17H27N3O. The number of methoxy groups -OCH3 is 1. The Bertz CT molecular complexity index is 479. The molecule has 1 saturated heterocycles. The molecule has 0 unspecified atom stereocenters. The topological polar surface area (TPSA) is 36.9 Å². The molecule has 1 aromatic rings. The third-order valence-corrected chi connectivity index (χ3v) is 4.04. The van der Waals surface area contributed by atoms with Crippen LogP contribution in [0.25, 0.3) is 0 Å². The summed E-state index contributed by atoms with van der Waals surface area (Å²) >= 11 is 0. The fraction of sp³-hybridized carbons (Fsp3) is 0.588. The zero-order valence-electron chi connectivity index (χ0n) is 13.6. The van der Waals surface area contributed by atoms with Gasteiger partial charge in [0.1, 0.15) is 5.75 Å². The van der Waals surface area contributed by atoms with Crippen molar-refractivity contribution >= 4 is 5.96 Å². The summed E-state index contributed by atoms with van der Waals surface area (Å²) in [6, 6.07) is 8.24. The molecule has 0 radical (unpaired) electrons. The molecule has 4 nitrogen and oxygen atoms in total. The molecule has 1 aliphatic heterocycles. The first-order valence-electron chi connectivity index (χ1n) is 7.62. The zero-order chi connectivity index (χ0) is 15.3. The Morgan fingerprint density at radius 1 is 1.33 bits per heavy atom. The van der Waals surface area contributed by atoms with Crippen LogP contribution in [0.2, 0.25) is 0 Å². The maximum Gasteiger partial charge on any atom is 0.193 e. The summed E-state index contributed by atoms with van der Waals surface area (Å²) in [6.07, 6.45) is 2.21. The highest BCUT2D eigenvalue weighted by atomic mass is 16.5. The molecule has 4 heteroatoms. The summed E-state index contributed by atoms with van der Waals surface area (Å²) in [5.41, 5.74) is 1.70. The van der Waals surface area contributed by atoms with E-state index in [-0.39, 0.29) is 0 Å². The van der Waals surface area contributed by atoms with E-state index in [9.17, 15) is 0 Å². The van der Waals surface area contributed by atoms with Gasteiger partial charge in [-0.3, -0.25) is 4.99 Å². The minimum Gasteiger partial charge on any atom is -0.497 e. The molecule has 0 atom stereocenters. The fourth-order valence-electron chi connectivity index (χ4n) is 2.74. The van der Waals surface area contributed by atoms with Crippen LogP contribution in [0.1, 0.15) is 25.8 Å². The number of likely N-dealkylation sites (tertiary alicyclic amines) is 1. The van der Waals surface area contributed by atoms with Gasteiger partial charge in [0.25, 0.3) is 0 Å². The highest BCUT2D eigenvalue weighted by Crippen LogP contribution is 2.28. The van der Waals surface area contributed by atoms with E-state index in [2.05, 4.69) is 41.2 Å². The van der Waals surface area contributed by atoms with E-state index in [0.717, 1.165) is 37.8 Å². The normalized spacial score (nSPS) is 17.9. The third-order valence-electron chi connectivity index (χ3n) is 4.04. The van der Waals surface area contributed by atoms with Gasteiger partial charge in [-0.25, -0.2) is 0 Å². The van der Waals surface area contributed by atoms with Crippen molar-refractivity contribution in [2.24, 2.45) is 10.4 Å². The van der Waals surface area contributed by atoms with Crippen molar-refractivity contribution < 1.29 is 4.74 Å². The van der Waals surface area contributed by atoms with E-state index < -0.39 is 0 Å². The summed E-state index contributed by atoms with van der Waals surface area (Å²) < 4.78 is 5.17. The monoisotopic (exact) mass is 289 g/mol. The van der Waals surface area contributed by atoms with Crippen molar-refractivity contribution in [2.45, 2.75) is 26.7 Å². The highest BCUT2D eigenvalue weighted by Gasteiger charge is 2.30. The van der Waals surface area contributed by atoms with Crippen molar-refractivity contribution in [3.63, 3.8) is 0 Å². The largest absolute Gasteiger partial charge is 0.497 e. The second-order valence-electron chi connectivity index (χ2n) is 6.41. The Kier molecular flexibility index (Phi) is 5.10. The third kappa shape index (κ3) is 4.38. The Labute approximate surface area is 128 Å². The Balaban J connectivity index is 1.81. The van der Waals surface area contributed by atoms with Gasteiger partial charge in [-0.15, -0.1) is 0 Å². The molecule has 0 spiro atoms. The van der Waals surface area contributed by atoms with Gasteiger partial charge in [0, 0.05) is 26.7 Å². The Hall–Kier alpha value is -1.71. The summed E-state index contributed by atoms with van der Waals surface area (Å²) in [5.74, 6) is 1.93. The average Bonchev–Trinajstić information content (AvgIpc) is 2.84. The smallest absolute Gasteiger partial charge is 0.193 e. The number of hydrogen-bond donors (Lipinski definition) is 1. The molecule has 0 bridgehead atoms. The van der Waals surface area contributed by atoms with Crippen molar-refractivity contribution in [3.05, 3.63) is 29.8 Å². The van der Waals surface area contributed by atoms with Gasteiger partial charge >= 0.3 is 0 Å². The van der Waals surface area contributed by atoms with Gasteiger partial charge in [0.2, 0.25) is 0 Å². The number of nitrogens with one attached hydrogen (secondary N) is 1. The van der Waals surface area contributed by atoms with Gasteiger partial charge < -0.3 is 15.0 Å². The number of benzene rings is 1. The number of aliphatic imine (C=N–C) groups is 1. The van der Waals surface area contributed by atoms with Gasteiger partial charge in [-0.05, 0) is 36.0 Å². The van der Waals surface area contributed by atoms with Crippen molar-refractivity contribution in [2.75, 3.05) is 33.8 Å². The van der Waals surface area contributed by atoms with E-state index in [4.69, 9.17) is 4.74 Å². The molecule has 116 valence electrons. The van der Waals surface area contributed by atoms with E-state index >= 15 is 0 Å². The molecule has 2 rings (SSSR count). The maximum atomic E-state index is 5.17. The molecule has 1 N–H and O–H groups in total. The minimum atomic E-state index is 0.396. The Morgan fingerprint density at radius 2 is 2.05 bits per heavy atom. The molecule has 0 aliphatic carbocycles. The molecule has 1 heterocycles. The lowest BCUT2D eigenvalue weighted by Crippen LogP contribution is -2.41. The van der Waals surface area contributed by atoms with Crippen LogP contribution >= 0.6 is 0 Å². The predicted octanol–water partition coefficient (Wildman–Crippen LogP) is 2.55. The van der Waals surface area contributed by atoms with Crippen LogP contribution in [-0.2, 0) is 6.42 Å². The summed E-state index contributed by atoms with van der Waals surface area (Å²) in [5, 5.41) is 3.47.